The Hall–Kier alpha value is -2.92. The lowest BCUT2D eigenvalue weighted by atomic mass is 10.1. The van der Waals surface area contributed by atoms with E-state index < -0.39 is 0 Å². The van der Waals surface area contributed by atoms with Crippen molar-refractivity contribution in [2.24, 2.45) is 0 Å². The Bertz CT molecular complexity index is 956. The predicted molar refractivity (Wildman–Crippen MR) is 118 cm³/mol. The third kappa shape index (κ3) is 6.03. The number of thiocarbonyl (C=S) groups is 1. The molecule has 0 amide bonds. The van der Waals surface area contributed by atoms with E-state index in [-0.39, 0.29) is 5.82 Å². The molecule has 3 nitrogen and oxygen atoms in total. The molecule has 0 saturated heterocycles. The summed E-state index contributed by atoms with van der Waals surface area (Å²) in [6.07, 6.45) is 0. The van der Waals surface area contributed by atoms with Crippen molar-refractivity contribution in [3.63, 3.8) is 0 Å². The van der Waals surface area contributed by atoms with Crippen LogP contribution >= 0.6 is 12.2 Å². The molecule has 0 atom stereocenters. The molecule has 3 aromatic rings. The summed E-state index contributed by atoms with van der Waals surface area (Å²) in [6.45, 7) is 5.49. The molecule has 0 aliphatic carbocycles. The lowest BCUT2D eigenvalue weighted by molar-refractivity contribution is 0.269. The number of hydrogen-bond acceptors (Lipinski definition) is 3. The summed E-state index contributed by atoms with van der Waals surface area (Å²) in [6, 6.07) is 20.2. The monoisotopic (exact) mass is 409 g/mol. The highest BCUT2D eigenvalue weighted by molar-refractivity contribution is 7.80. The number of rotatable bonds is 8. The molecule has 150 valence electrons. The molecule has 5 heteroatoms. The third-order valence-electron chi connectivity index (χ3n) is 4.39. The summed E-state index contributed by atoms with van der Waals surface area (Å²) >= 11 is 5.54. The zero-order valence-corrected chi connectivity index (χ0v) is 17.4. The SMILES string of the molecule is CCOc1cc(C(=S)NCc2ccc(C)cc2)ccc1OCc1ccc(F)cc1. The van der Waals surface area contributed by atoms with E-state index in [1.807, 2.05) is 25.1 Å². The third-order valence-corrected chi connectivity index (χ3v) is 4.77. The van der Waals surface area contributed by atoms with E-state index in [4.69, 9.17) is 21.7 Å². The van der Waals surface area contributed by atoms with Crippen LogP contribution in [0.3, 0.4) is 0 Å². The molecule has 1 N–H and O–H groups in total. The lowest BCUT2D eigenvalue weighted by Crippen LogP contribution is -2.21. The van der Waals surface area contributed by atoms with Crippen LogP contribution in [0.2, 0.25) is 0 Å². The van der Waals surface area contributed by atoms with Crippen LogP contribution in [0.15, 0.2) is 66.7 Å². The smallest absolute Gasteiger partial charge is 0.161 e. The van der Waals surface area contributed by atoms with Crippen molar-refractivity contribution in [1.29, 1.82) is 0 Å². The minimum absolute atomic E-state index is 0.264. The second-order valence-corrected chi connectivity index (χ2v) is 7.09. The van der Waals surface area contributed by atoms with Crippen LogP contribution in [0.25, 0.3) is 0 Å². The molecule has 3 rings (SSSR count). The zero-order valence-electron chi connectivity index (χ0n) is 16.6. The quantitative estimate of drug-likeness (QED) is 0.492. The fourth-order valence-corrected chi connectivity index (χ4v) is 2.97. The Balaban J connectivity index is 1.66. The lowest BCUT2D eigenvalue weighted by Gasteiger charge is -2.15. The highest BCUT2D eigenvalue weighted by atomic mass is 32.1. The molecular formula is C24H24FNO2S. The maximum absolute atomic E-state index is 13.0. The van der Waals surface area contributed by atoms with E-state index in [9.17, 15) is 4.39 Å². The average molecular weight is 410 g/mol. The van der Waals surface area contributed by atoms with Crippen LogP contribution in [0, 0.1) is 12.7 Å². The predicted octanol–water partition coefficient (Wildman–Crippen LogP) is 5.58. The van der Waals surface area contributed by atoms with E-state index in [2.05, 4.69) is 36.5 Å². The number of aryl methyl sites for hydroxylation is 1. The summed E-state index contributed by atoms with van der Waals surface area (Å²) in [7, 11) is 0. The van der Waals surface area contributed by atoms with Crippen LogP contribution < -0.4 is 14.8 Å². The molecule has 0 fully saturated rings. The van der Waals surface area contributed by atoms with Crippen LogP contribution in [-0.2, 0) is 13.2 Å². The molecular weight excluding hydrogens is 385 g/mol. The topological polar surface area (TPSA) is 30.5 Å². The van der Waals surface area contributed by atoms with Crippen molar-refractivity contribution < 1.29 is 13.9 Å². The molecule has 0 spiro atoms. The first kappa shape index (κ1) is 20.8. The van der Waals surface area contributed by atoms with Gasteiger partial charge >= 0.3 is 0 Å². The van der Waals surface area contributed by atoms with Crippen LogP contribution in [0.4, 0.5) is 4.39 Å². The second kappa shape index (κ2) is 10.0. The Morgan fingerprint density at radius 1 is 0.897 bits per heavy atom. The van der Waals surface area contributed by atoms with Crippen LogP contribution in [0.1, 0.15) is 29.2 Å². The zero-order chi connectivity index (χ0) is 20.6. The van der Waals surface area contributed by atoms with Gasteiger partial charge in [-0.15, -0.1) is 0 Å². The van der Waals surface area contributed by atoms with Gasteiger partial charge < -0.3 is 14.8 Å². The highest BCUT2D eigenvalue weighted by Crippen LogP contribution is 2.29. The second-order valence-electron chi connectivity index (χ2n) is 6.68. The normalized spacial score (nSPS) is 10.4. The highest BCUT2D eigenvalue weighted by Gasteiger charge is 2.10. The number of benzene rings is 3. The van der Waals surface area contributed by atoms with Gasteiger partial charge in [0, 0.05) is 12.1 Å². The van der Waals surface area contributed by atoms with Crippen LogP contribution in [0.5, 0.6) is 11.5 Å². The Kier molecular flexibility index (Phi) is 7.19. The Labute approximate surface area is 176 Å². The average Bonchev–Trinajstić information content (AvgIpc) is 2.73. The summed E-state index contributed by atoms with van der Waals surface area (Å²) in [5.41, 5.74) is 4.15. The van der Waals surface area contributed by atoms with Crippen molar-refractivity contribution >= 4 is 17.2 Å². The Morgan fingerprint density at radius 2 is 1.59 bits per heavy atom. The van der Waals surface area contributed by atoms with Gasteiger partial charge in [-0.25, -0.2) is 4.39 Å². The van der Waals surface area contributed by atoms with Crippen molar-refractivity contribution in [2.75, 3.05) is 6.61 Å². The first-order valence-corrected chi connectivity index (χ1v) is 9.94. The minimum atomic E-state index is -0.264. The van der Waals surface area contributed by atoms with Crippen molar-refractivity contribution in [2.45, 2.75) is 27.0 Å². The molecule has 0 aliphatic heterocycles. The van der Waals surface area contributed by atoms with Crippen molar-refractivity contribution in [1.82, 2.24) is 5.32 Å². The molecule has 0 saturated carbocycles. The first-order chi connectivity index (χ1) is 14.0. The van der Waals surface area contributed by atoms with Crippen LogP contribution in [-0.4, -0.2) is 11.6 Å². The summed E-state index contributed by atoms with van der Waals surface area (Å²) < 4.78 is 24.7. The van der Waals surface area contributed by atoms with Gasteiger partial charge in [0.25, 0.3) is 0 Å². The Morgan fingerprint density at radius 3 is 2.28 bits per heavy atom. The van der Waals surface area contributed by atoms with E-state index in [0.717, 1.165) is 11.1 Å². The van der Waals surface area contributed by atoms with Gasteiger partial charge in [0.05, 0.1) is 6.61 Å². The van der Waals surface area contributed by atoms with E-state index in [1.54, 1.807) is 12.1 Å². The molecule has 29 heavy (non-hydrogen) atoms. The number of ether oxygens (including phenoxy) is 2. The van der Waals surface area contributed by atoms with Gasteiger partial charge in [0.2, 0.25) is 0 Å². The van der Waals surface area contributed by atoms with E-state index in [1.165, 1.54) is 23.3 Å². The van der Waals surface area contributed by atoms with E-state index >= 15 is 0 Å². The molecule has 0 radical (unpaired) electrons. The number of nitrogens with one attached hydrogen (secondary N) is 1. The summed E-state index contributed by atoms with van der Waals surface area (Å²) in [5, 5.41) is 3.29. The summed E-state index contributed by atoms with van der Waals surface area (Å²) in [5.74, 6) is 0.993. The molecule has 0 aromatic heterocycles. The van der Waals surface area contributed by atoms with Gasteiger partial charge in [-0.1, -0.05) is 54.2 Å². The summed E-state index contributed by atoms with van der Waals surface area (Å²) in [4.78, 5) is 0.650. The van der Waals surface area contributed by atoms with Gasteiger partial charge in [-0.2, -0.15) is 0 Å². The van der Waals surface area contributed by atoms with Gasteiger partial charge in [-0.05, 0) is 55.3 Å². The number of halogens is 1. The maximum atomic E-state index is 13.0. The first-order valence-electron chi connectivity index (χ1n) is 9.53. The molecule has 0 heterocycles. The molecule has 3 aromatic carbocycles. The van der Waals surface area contributed by atoms with Gasteiger partial charge in [0.1, 0.15) is 17.4 Å². The molecule has 0 unspecified atom stereocenters. The molecule has 0 bridgehead atoms. The van der Waals surface area contributed by atoms with Crippen molar-refractivity contribution in [3.8, 4) is 11.5 Å². The fraction of sp³-hybridized carbons (Fsp3) is 0.208. The van der Waals surface area contributed by atoms with E-state index in [0.29, 0.717) is 36.2 Å². The number of hydrogen-bond donors (Lipinski definition) is 1. The maximum Gasteiger partial charge on any atom is 0.161 e. The van der Waals surface area contributed by atoms with Crippen molar-refractivity contribution in [3.05, 3.63) is 94.8 Å². The van der Waals surface area contributed by atoms with Gasteiger partial charge in [-0.3, -0.25) is 0 Å². The minimum Gasteiger partial charge on any atom is -0.490 e. The molecule has 0 aliphatic rings. The fourth-order valence-electron chi connectivity index (χ4n) is 2.77. The van der Waals surface area contributed by atoms with Gasteiger partial charge in [0.15, 0.2) is 11.5 Å². The largest absolute Gasteiger partial charge is 0.490 e. The standard InChI is InChI=1S/C24H24FNO2S/c1-3-27-23-14-20(24(29)26-15-18-6-4-17(2)5-7-18)10-13-22(23)28-16-19-8-11-21(25)12-9-19/h4-14H,3,15-16H2,1-2H3,(H,26,29).